The third kappa shape index (κ3) is 3.80. The predicted molar refractivity (Wildman–Crippen MR) is 60.0 cm³/mol. The SMILES string of the molecule is O=C1CC(CS(=O)(=O)Cl)CN1CC1OCCO1. The number of carbonyl (C=O) groups excluding carboxylic acids is 1. The minimum atomic E-state index is -3.55. The Morgan fingerprint density at radius 2 is 2.00 bits per heavy atom. The van der Waals surface area contributed by atoms with Crippen LogP contribution in [0.25, 0.3) is 0 Å². The van der Waals surface area contributed by atoms with Crippen LogP contribution in [0.15, 0.2) is 0 Å². The molecule has 17 heavy (non-hydrogen) atoms. The van der Waals surface area contributed by atoms with Gasteiger partial charge in [-0.05, 0) is 0 Å². The quantitative estimate of drug-likeness (QED) is 0.667. The highest BCUT2D eigenvalue weighted by Gasteiger charge is 2.34. The average Bonchev–Trinajstić information content (AvgIpc) is 2.75. The van der Waals surface area contributed by atoms with Gasteiger partial charge in [-0.1, -0.05) is 0 Å². The summed E-state index contributed by atoms with van der Waals surface area (Å²) in [5, 5.41) is 0. The van der Waals surface area contributed by atoms with E-state index in [4.69, 9.17) is 20.2 Å². The standard InChI is InChI=1S/C9H14ClNO5S/c10-17(13,14)6-7-3-8(12)11(4-7)5-9-15-1-2-16-9/h7,9H,1-6H2. The molecule has 6 nitrogen and oxygen atoms in total. The maximum Gasteiger partial charge on any atom is 0.232 e. The van der Waals surface area contributed by atoms with Gasteiger partial charge in [0.1, 0.15) is 0 Å². The molecule has 2 aliphatic heterocycles. The summed E-state index contributed by atoms with van der Waals surface area (Å²) in [6.45, 7) is 1.82. The molecule has 0 aromatic heterocycles. The summed E-state index contributed by atoms with van der Waals surface area (Å²) in [5.41, 5.74) is 0. The molecule has 2 rings (SSSR count). The first-order valence-electron chi connectivity index (χ1n) is 5.37. The second-order valence-electron chi connectivity index (χ2n) is 4.25. The number of amides is 1. The molecule has 2 fully saturated rings. The smallest absolute Gasteiger partial charge is 0.232 e. The molecule has 8 heteroatoms. The topological polar surface area (TPSA) is 72.9 Å². The molecule has 98 valence electrons. The van der Waals surface area contributed by atoms with Crippen LogP contribution in [0, 0.1) is 5.92 Å². The highest BCUT2D eigenvalue weighted by molar-refractivity contribution is 8.13. The maximum atomic E-state index is 11.6. The second kappa shape index (κ2) is 5.09. The molecule has 0 aromatic rings. The van der Waals surface area contributed by atoms with Crippen LogP contribution in [0.2, 0.25) is 0 Å². The summed E-state index contributed by atoms with van der Waals surface area (Å²) in [6.07, 6.45) is -0.163. The Labute approximate surface area is 104 Å². The number of hydrogen-bond donors (Lipinski definition) is 0. The second-order valence-corrected chi connectivity index (χ2v) is 7.07. The fraction of sp³-hybridized carbons (Fsp3) is 0.889. The molecular formula is C9H14ClNO5S. The van der Waals surface area contributed by atoms with E-state index < -0.39 is 9.05 Å². The van der Waals surface area contributed by atoms with Gasteiger partial charge in [0.2, 0.25) is 15.0 Å². The van der Waals surface area contributed by atoms with Gasteiger partial charge in [-0.2, -0.15) is 0 Å². The Bertz CT molecular complexity index is 392. The molecule has 2 heterocycles. The lowest BCUT2D eigenvalue weighted by Gasteiger charge is -2.19. The van der Waals surface area contributed by atoms with E-state index >= 15 is 0 Å². The summed E-state index contributed by atoms with van der Waals surface area (Å²) >= 11 is 0. The van der Waals surface area contributed by atoms with Gasteiger partial charge in [-0.25, -0.2) is 8.42 Å². The molecular weight excluding hydrogens is 270 g/mol. The van der Waals surface area contributed by atoms with Crippen LogP contribution in [0.1, 0.15) is 6.42 Å². The minimum absolute atomic E-state index is 0.0746. The van der Waals surface area contributed by atoms with Gasteiger partial charge in [0.05, 0.1) is 25.5 Å². The largest absolute Gasteiger partial charge is 0.348 e. The molecule has 1 unspecified atom stereocenters. The van der Waals surface area contributed by atoms with Gasteiger partial charge in [0, 0.05) is 29.6 Å². The zero-order valence-corrected chi connectivity index (χ0v) is 10.7. The third-order valence-corrected chi connectivity index (χ3v) is 4.04. The predicted octanol–water partition coefficient (Wildman–Crippen LogP) is -0.224. The molecule has 2 saturated heterocycles. The fourth-order valence-electron chi connectivity index (χ4n) is 2.12. The Morgan fingerprint density at radius 3 is 2.59 bits per heavy atom. The summed E-state index contributed by atoms with van der Waals surface area (Å²) < 4.78 is 32.3. The first-order valence-corrected chi connectivity index (χ1v) is 7.85. The van der Waals surface area contributed by atoms with E-state index in [1.807, 2.05) is 0 Å². The highest BCUT2D eigenvalue weighted by atomic mass is 35.7. The van der Waals surface area contributed by atoms with Crippen molar-refractivity contribution in [1.82, 2.24) is 4.90 Å². The van der Waals surface area contributed by atoms with Crippen LogP contribution in [0.5, 0.6) is 0 Å². The van der Waals surface area contributed by atoms with Crippen LogP contribution < -0.4 is 0 Å². The van der Waals surface area contributed by atoms with Crippen molar-refractivity contribution in [2.24, 2.45) is 5.92 Å². The van der Waals surface area contributed by atoms with Gasteiger partial charge in [0.25, 0.3) is 0 Å². The fourth-order valence-corrected chi connectivity index (χ4v) is 3.44. The first-order chi connectivity index (χ1) is 7.94. The average molecular weight is 284 g/mol. The molecule has 0 spiro atoms. The minimum Gasteiger partial charge on any atom is -0.348 e. The van der Waals surface area contributed by atoms with E-state index in [1.165, 1.54) is 0 Å². The van der Waals surface area contributed by atoms with Crippen molar-refractivity contribution in [1.29, 1.82) is 0 Å². The Balaban J connectivity index is 1.86. The molecule has 0 aromatic carbocycles. The molecule has 0 saturated carbocycles. The van der Waals surface area contributed by atoms with E-state index in [9.17, 15) is 13.2 Å². The highest BCUT2D eigenvalue weighted by Crippen LogP contribution is 2.22. The van der Waals surface area contributed by atoms with E-state index in [0.29, 0.717) is 26.3 Å². The van der Waals surface area contributed by atoms with Crippen molar-refractivity contribution in [3.8, 4) is 0 Å². The number of nitrogens with zero attached hydrogens (tertiary/aromatic N) is 1. The monoisotopic (exact) mass is 283 g/mol. The lowest BCUT2D eigenvalue weighted by atomic mass is 10.1. The third-order valence-electron chi connectivity index (χ3n) is 2.79. The Morgan fingerprint density at radius 1 is 1.35 bits per heavy atom. The molecule has 0 N–H and O–H groups in total. The van der Waals surface area contributed by atoms with Gasteiger partial charge >= 0.3 is 0 Å². The zero-order chi connectivity index (χ0) is 12.5. The number of likely N-dealkylation sites (tertiary alicyclic amines) is 1. The summed E-state index contributed by atoms with van der Waals surface area (Å²) in [6, 6.07) is 0. The number of halogens is 1. The molecule has 1 amide bonds. The first kappa shape index (κ1) is 13.1. The van der Waals surface area contributed by atoms with Crippen LogP contribution in [-0.4, -0.2) is 57.6 Å². The Kier molecular flexibility index (Phi) is 3.92. The normalized spacial score (nSPS) is 27.0. The number of carbonyl (C=O) groups is 1. The van der Waals surface area contributed by atoms with Gasteiger partial charge < -0.3 is 14.4 Å². The van der Waals surface area contributed by atoms with Crippen LogP contribution >= 0.6 is 10.7 Å². The Hall–Kier alpha value is -0.370. The van der Waals surface area contributed by atoms with Gasteiger partial charge in [-0.15, -0.1) is 0 Å². The molecule has 1 atom stereocenters. The molecule has 0 bridgehead atoms. The van der Waals surface area contributed by atoms with Gasteiger partial charge in [0.15, 0.2) is 6.29 Å². The van der Waals surface area contributed by atoms with Crippen molar-refractivity contribution < 1.29 is 22.7 Å². The lowest BCUT2D eigenvalue weighted by molar-refractivity contribution is -0.133. The van der Waals surface area contributed by atoms with E-state index in [1.54, 1.807) is 4.90 Å². The molecule has 0 aliphatic carbocycles. The van der Waals surface area contributed by atoms with Gasteiger partial charge in [-0.3, -0.25) is 4.79 Å². The maximum absolute atomic E-state index is 11.6. The molecule has 0 radical (unpaired) electrons. The van der Waals surface area contributed by atoms with Crippen LogP contribution in [-0.2, 0) is 23.3 Å². The summed E-state index contributed by atoms with van der Waals surface area (Å²) in [5.74, 6) is -0.468. The van der Waals surface area contributed by atoms with Crippen molar-refractivity contribution in [2.75, 3.05) is 32.1 Å². The lowest BCUT2D eigenvalue weighted by Crippen LogP contribution is -2.34. The number of ether oxygens (including phenoxy) is 2. The van der Waals surface area contributed by atoms with E-state index in [-0.39, 0.29) is 30.3 Å². The number of rotatable bonds is 4. The van der Waals surface area contributed by atoms with Crippen molar-refractivity contribution in [3.63, 3.8) is 0 Å². The number of hydrogen-bond acceptors (Lipinski definition) is 5. The molecule has 2 aliphatic rings. The summed E-state index contributed by atoms with van der Waals surface area (Å²) in [7, 11) is 1.62. The van der Waals surface area contributed by atoms with Crippen LogP contribution in [0.4, 0.5) is 0 Å². The van der Waals surface area contributed by atoms with E-state index in [0.717, 1.165) is 0 Å². The summed E-state index contributed by atoms with van der Waals surface area (Å²) in [4.78, 5) is 13.2. The van der Waals surface area contributed by atoms with Crippen molar-refractivity contribution in [2.45, 2.75) is 12.7 Å². The van der Waals surface area contributed by atoms with Crippen molar-refractivity contribution >= 4 is 25.6 Å². The van der Waals surface area contributed by atoms with Crippen molar-refractivity contribution in [3.05, 3.63) is 0 Å². The van der Waals surface area contributed by atoms with E-state index in [2.05, 4.69) is 0 Å². The zero-order valence-electron chi connectivity index (χ0n) is 9.17. The van der Waals surface area contributed by atoms with Crippen LogP contribution in [0.3, 0.4) is 0 Å².